The van der Waals surface area contributed by atoms with E-state index < -0.39 is 12.0 Å². The van der Waals surface area contributed by atoms with Crippen molar-refractivity contribution in [2.45, 2.75) is 38.7 Å². The highest BCUT2D eigenvalue weighted by molar-refractivity contribution is 9.10. The molecule has 0 bridgehead atoms. The zero-order valence-electron chi connectivity index (χ0n) is 21.5. The molecule has 6 rings (SSSR count). The molecule has 2 aliphatic rings. The van der Waals surface area contributed by atoms with Crippen molar-refractivity contribution >= 4 is 43.4 Å². The van der Waals surface area contributed by atoms with Crippen LogP contribution < -0.4 is 0 Å². The first kappa shape index (κ1) is 26.0. The van der Waals surface area contributed by atoms with Gasteiger partial charge in [0.15, 0.2) is 11.9 Å². The van der Waals surface area contributed by atoms with Crippen molar-refractivity contribution in [3.8, 4) is 16.9 Å². The average molecular weight is 646 g/mol. The summed E-state index contributed by atoms with van der Waals surface area (Å²) < 4.78 is 10.1. The average Bonchev–Trinajstić information content (AvgIpc) is 3.51. The molecule has 0 unspecified atom stereocenters. The lowest BCUT2D eigenvalue weighted by atomic mass is 9.72. The third-order valence-electron chi connectivity index (χ3n) is 7.37. The van der Waals surface area contributed by atoms with Crippen molar-refractivity contribution < 1.29 is 14.3 Å². The van der Waals surface area contributed by atoms with E-state index in [0.717, 1.165) is 31.5 Å². The molecule has 0 saturated carbocycles. The van der Waals surface area contributed by atoms with Crippen molar-refractivity contribution in [2.75, 3.05) is 0 Å². The summed E-state index contributed by atoms with van der Waals surface area (Å²) in [5, 5.41) is 4.99. The van der Waals surface area contributed by atoms with Gasteiger partial charge in [0, 0.05) is 50.2 Å². The van der Waals surface area contributed by atoms with Crippen molar-refractivity contribution in [3.05, 3.63) is 116 Å². The minimum absolute atomic E-state index is 0.0339. The standard InChI is InChI=1S/C32H26Br2N2O3/c1-32(2)16-25(37)28-26(17-32)39-31(30(38)20-10-14-22(34)15-11-20)27(28)24-18-36(23-6-4-3-5-7-23)35-29(24)19-8-12-21(33)13-9-19/h3-15,18,27,31H,16-17H2,1-2H3/t27-,31-/m0/s1. The second-order valence-electron chi connectivity index (χ2n) is 10.9. The van der Waals surface area contributed by atoms with Crippen molar-refractivity contribution in [2.24, 2.45) is 5.41 Å². The Labute approximate surface area is 244 Å². The number of allylic oxidation sites excluding steroid dienone is 1. The Kier molecular flexibility index (Phi) is 6.68. The van der Waals surface area contributed by atoms with E-state index in [9.17, 15) is 9.59 Å². The molecule has 1 aliphatic heterocycles. The molecule has 1 aliphatic carbocycles. The fourth-order valence-electron chi connectivity index (χ4n) is 5.56. The number of carbonyl (C=O) groups is 2. The van der Waals surface area contributed by atoms with Gasteiger partial charge in [0.2, 0.25) is 5.78 Å². The van der Waals surface area contributed by atoms with E-state index in [0.29, 0.717) is 29.7 Å². The number of rotatable bonds is 5. The first-order valence-corrected chi connectivity index (χ1v) is 14.4. The molecule has 0 spiro atoms. The van der Waals surface area contributed by atoms with E-state index in [1.165, 1.54) is 0 Å². The molecule has 2 heterocycles. The van der Waals surface area contributed by atoms with Crippen LogP contribution in [0.2, 0.25) is 0 Å². The minimum atomic E-state index is -0.864. The molecule has 7 heteroatoms. The van der Waals surface area contributed by atoms with Gasteiger partial charge in [-0.25, -0.2) is 4.68 Å². The first-order chi connectivity index (χ1) is 18.7. The molecule has 4 aromatic rings. The number of ether oxygens (including phenoxy) is 1. The Morgan fingerprint density at radius 3 is 2.23 bits per heavy atom. The van der Waals surface area contributed by atoms with E-state index >= 15 is 0 Å². The maximum atomic E-state index is 14.0. The van der Waals surface area contributed by atoms with Crippen molar-refractivity contribution in [1.82, 2.24) is 9.78 Å². The highest BCUT2D eigenvalue weighted by atomic mass is 79.9. The molecule has 196 valence electrons. The van der Waals surface area contributed by atoms with Crippen LogP contribution in [0, 0.1) is 5.41 Å². The van der Waals surface area contributed by atoms with Crippen molar-refractivity contribution in [1.29, 1.82) is 0 Å². The number of hydrogen-bond acceptors (Lipinski definition) is 4. The molecule has 0 N–H and O–H groups in total. The van der Waals surface area contributed by atoms with Gasteiger partial charge in [0.25, 0.3) is 0 Å². The number of Topliss-reactive ketones (excluding diaryl/α,β-unsaturated/α-hetero) is 2. The zero-order valence-corrected chi connectivity index (χ0v) is 24.7. The molecule has 0 radical (unpaired) electrons. The number of ketones is 2. The molecular weight excluding hydrogens is 620 g/mol. The van der Waals surface area contributed by atoms with Gasteiger partial charge in [-0.1, -0.05) is 88.2 Å². The molecule has 3 aromatic carbocycles. The number of halogens is 2. The summed E-state index contributed by atoms with van der Waals surface area (Å²) in [5.41, 5.74) is 4.22. The Morgan fingerprint density at radius 2 is 1.56 bits per heavy atom. The van der Waals surface area contributed by atoms with Gasteiger partial charge in [-0.15, -0.1) is 0 Å². The summed E-state index contributed by atoms with van der Waals surface area (Å²) >= 11 is 6.97. The Hall–Kier alpha value is -3.29. The van der Waals surface area contributed by atoms with Gasteiger partial charge < -0.3 is 4.74 Å². The number of aromatic nitrogens is 2. The lowest BCUT2D eigenvalue weighted by Crippen LogP contribution is -2.29. The highest BCUT2D eigenvalue weighted by Crippen LogP contribution is 2.51. The van der Waals surface area contributed by atoms with E-state index in [2.05, 4.69) is 45.7 Å². The maximum absolute atomic E-state index is 14.0. The van der Waals surface area contributed by atoms with Crippen LogP contribution in [0.3, 0.4) is 0 Å². The van der Waals surface area contributed by atoms with Crippen molar-refractivity contribution in [3.63, 3.8) is 0 Å². The van der Waals surface area contributed by atoms with Gasteiger partial charge in [-0.2, -0.15) is 5.10 Å². The van der Waals surface area contributed by atoms with Gasteiger partial charge in [-0.3, -0.25) is 9.59 Å². The predicted octanol–water partition coefficient (Wildman–Crippen LogP) is 8.07. The molecule has 0 amide bonds. The Bertz CT molecular complexity index is 1600. The zero-order chi connectivity index (χ0) is 27.3. The normalized spacial score (nSPS) is 20.1. The summed E-state index contributed by atoms with van der Waals surface area (Å²) in [7, 11) is 0. The second-order valence-corrected chi connectivity index (χ2v) is 12.7. The highest BCUT2D eigenvalue weighted by Gasteiger charge is 2.50. The summed E-state index contributed by atoms with van der Waals surface area (Å²) in [5.74, 6) is -0.0601. The molecule has 5 nitrogen and oxygen atoms in total. The molecule has 0 saturated heterocycles. The van der Waals surface area contributed by atoms with Gasteiger partial charge in [0.05, 0.1) is 17.3 Å². The molecular formula is C32H26Br2N2O3. The van der Waals surface area contributed by atoms with Crippen LogP contribution >= 0.6 is 31.9 Å². The van der Waals surface area contributed by atoms with E-state index in [1.54, 1.807) is 12.1 Å². The number of hydrogen-bond donors (Lipinski definition) is 0. The molecule has 1 aromatic heterocycles. The lowest BCUT2D eigenvalue weighted by Gasteiger charge is -2.29. The SMILES string of the molecule is CC1(C)CC(=O)C2=C(C1)O[C@H](C(=O)c1ccc(Br)cc1)[C@H]2c1cn(-c2ccccc2)nc1-c1ccc(Br)cc1. The molecule has 2 atom stereocenters. The largest absolute Gasteiger partial charge is 0.485 e. The van der Waals surface area contributed by atoms with Crippen LogP contribution in [0.15, 0.2) is 105 Å². The van der Waals surface area contributed by atoms with Crippen LogP contribution in [0.25, 0.3) is 16.9 Å². The Balaban J connectivity index is 1.55. The maximum Gasteiger partial charge on any atom is 0.204 e. The fourth-order valence-corrected chi connectivity index (χ4v) is 6.09. The molecule has 39 heavy (non-hydrogen) atoms. The lowest BCUT2D eigenvalue weighted by molar-refractivity contribution is -0.118. The second kappa shape index (κ2) is 10.0. The van der Waals surface area contributed by atoms with E-state index in [4.69, 9.17) is 9.84 Å². The number of nitrogens with zero attached hydrogens (tertiary/aromatic N) is 2. The quantitative estimate of drug-likeness (QED) is 0.206. The van der Waals surface area contributed by atoms with Crippen LogP contribution in [-0.2, 0) is 9.53 Å². The summed E-state index contributed by atoms with van der Waals surface area (Å²) in [6, 6.07) is 25.0. The minimum Gasteiger partial charge on any atom is -0.485 e. The summed E-state index contributed by atoms with van der Waals surface area (Å²) in [6.07, 6.45) is 2.10. The third kappa shape index (κ3) is 4.94. The Morgan fingerprint density at radius 1 is 0.923 bits per heavy atom. The van der Waals surface area contributed by atoms with Gasteiger partial charge >= 0.3 is 0 Å². The van der Waals surface area contributed by atoms with Gasteiger partial charge in [0.1, 0.15) is 5.76 Å². The van der Waals surface area contributed by atoms with E-state index in [1.807, 2.05) is 77.6 Å². The van der Waals surface area contributed by atoms with Crippen LogP contribution in [0.4, 0.5) is 0 Å². The first-order valence-electron chi connectivity index (χ1n) is 12.8. The van der Waals surface area contributed by atoms with Crippen LogP contribution in [-0.4, -0.2) is 27.5 Å². The molecule has 0 fully saturated rings. The van der Waals surface area contributed by atoms with Crippen LogP contribution in [0.5, 0.6) is 0 Å². The smallest absolute Gasteiger partial charge is 0.204 e. The monoisotopic (exact) mass is 644 g/mol. The number of para-hydroxylation sites is 1. The van der Waals surface area contributed by atoms with Crippen LogP contribution in [0.1, 0.15) is 48.5 Å². The third-order valence-corrected chi connectivity index (χ3v) is 8.42. The van der Waals surface area contributed by atoms with E-state index in [-0.39, 0.29) is 17.0 Å². The fraction of sp³-hybridized carbons (Fsp3) is 0.219. The van der Waals surface area contributed by atoms with Gasteiger partial charge in [-0.05, 0) is 41.8 Å². The number of carbonyl (C=O) groups excluding carboxylic acids is 2. The number of benzene rings is 3. The topological polar surface area (TPSA) is 61.2 Å². The summed E-state index contributed by atoms with van der Waals surface area (Å²) in [6.45, 7) is 4.13. The predicted molar refractivity (Wildman–Crippen MR) is 158 cm³/mol. The summed E-state index contributed by atoms with van der Waals surface area (Å²) in [4.78, 5) is 27.7.